The van der Waals surface area contributed by atoms with Gasteiger partial charge < -0.3 is 10.6 Å². The van der Waals surface area contributed by atoms with Crippen LogP contribution in [0.3, 0.4) is 0 Å². The number of hydrogen-bond donors (Lipinski definition) is 1. The van der Waals surface area contributed by atoms with E-state index in [4.69, 9.17) is 5.73 Å². The highest BCUT2D eigenvalue weighted by Gasteiger charge is 2.49. The largest absolute Gasteiger partial charge is 0.370 e. The van der Waals surface area contributed by atoms with Crippen LogP contribution in [0.15, 0.2) is 4.99 Å². The first-order chi connectivity index (χ1) is 8.24. The first-order valence-electron chi connectivity index (χ1n) is 7.32. The molecule has 18 heavy (non-hydrogen) atoms. The third-order valence-corrected chi connectivity index (χ3v) is 4.37. The van der Waals surface area contributed by atoms with Gasteiger partial charge in [-0.25, -0.2) is 0 Å². The number of nitrogens with zero attached hydrogens (tertiary/aromatic N) is 2. The average molecular weight is 251 g/mol. The van der Waals surface area contributed by atoms with Crippen LogP contribution in [-0.2, 0) is 0 Å². The van der Waals surface area contributed by atoms with Crippen molar-refractivity contribution in [3.05, 3.63) is 0 Å². The van der Waals surface area contributed by atoms with Gasteiger partial charge in [-0.15, -0.1) is 0 Å². The summed E-state index contributed by atoms with van der Waals surface area (Å²) in [6.07, 6.45) is 3.79. The maximum atomic E-state index is 6.14. The summed E-state index contributed by atoms with van der Waals surface area (Å²) in [4.78, 5) is 6.98. The molecule has 0 aromatic rings. The minimum absolute atomic E-state index is 0.204. The van der Waals surface area contributed by atoms with Crippen molar-refractivity contribution in [1.29, 1.82) is 0 Å². The molecule has 1 fully saturated rings. The van der Waals surface area contributed by atoms with Crippen molar-refractivity contribution >= 4 is 5.96 Å². The van der Waals surface area contributed by atoms with Crippen molar-refractivity contribution in [2.45, 2.75) is 59.4 Å². The molecular weight excluding hydrogens is 222 g/mol. The van der Waals surface area contributed by atoms with Crippen LogP contribution in [0, 0.1) is 17.3 Å². The summed E-state index contributed by atoms with van der Waals surface area (Å²) in [6, 6.07) is 0. The van der Waals surface area contributed by atoms with Gasteiger partial charge in [-0.3, -0.25) is 4.99 Å². The third-order valence-electron chi connectivity index (χ3n) is 4.37. The Balaban J connectivity index is 2.24. The van der Waals surface area contributed by atoms with Gasteiger partial charge in [-0.2, -0.15) is 0 Å². The average Bonchev–Trinajstić information content (AvgIpc) is 2.43. The van der Waals surface area contributed by atoms with Crippen molar-refractivity contribution in [2.24, 2.45) is 28.0 Å². The molecule has 1 heterocycles. The van der Waals surface area contributed by atoms with Gasteiger partial charge in [0.1, 0.15) is 0 Å². The number of nitrogens with two attached hydrogens (primary N) is 1. The lowest BCUT2D eigenvalue weighted by molar-refractivity contribution is 0.0332. The van der Waals surface area contributed by atoms with E-state index in [-0.39, 0.29) is 5.54 Å². The Morgan fingerprint density at radius 2 is 2.06 bits per heavy atom. The lowest BCUT2D eigenvalue weighted by Crippen LogP contribution is -2.57. The normalized spacial score (nSPS) is 35.3. The second-order valence-corrected chi connectivity index (χ2v) is 7.76. The second kappa shape index (κ2) is 4.43. The van der Waals surface area contributed by atoms with E-state index in [1.807, 2.05) is 0 Å². The Hall–Kier alpha value is -0.730. The molecule has 2 rings (SSSR count). The van der Waals surface area contributed by atoms with Gasteiger partial charge >= 0.3 is 0 Å². The van der Waals surface area contributed by atoms with Gasteiger partial charge in [0, 0.05) is 6.54 Å². The van der Waals surface area contributed by atoms with Crippen LogP contribution in [0.1, 0.15) is 53.9 Å². The molecule has 3 heteroatoms. The standard InChI is InChI=1S/C15H29N3/c1-11(2)8-18-13(16)17-10-15(18)7-12(3)6-14(4,5)9-15/h11-12H,6-10H2,1-5H3,(H2,16,17). The minimum Gasteiger partial charge on any atom is -0.370 e. The van der Waals surface area contributed by atoms with E-state index >= 15 is 0 Å². The summed E-state index contributed by atoms with van der Waals surface area (Å²) in [5, 5.41) is 0. The fourth-order valence-corrected chi connectivity index (χ4v) is 4.32. The fraction of sp³-hybridized carbons (Fsp3) is 0.933. The van der Waals surface area contributed by atoms with Gasteiger partial charge in [-0.05, 0) is 36.5 Å². The molecule has 2 atom stereocenters. The molecule has 1 saturated carbocycles. The van der Waals surface area contributed by atoms with Crippen LogP contribution in [0.5, 0.6) is 0 Å². The third kappa shape index (κ3) is 2.50. The van der Waals surface area contributed by atoms with Crippen molar-refractivity contribution in [3.8, 4) is 0 Å². The topological polar surface area (TPSA) is 41.6 Å². The molecule has 1 aliphatic heterocycles. The number of rotatable bonds is 2. The molecule has 0 amide bonds. The zero-order chi connectivity index (χ0) is 13.6. The fourth-order valence-electron chi connectivity index (χ4n) is 4.32. The highest BCUT2D eigenvalue weighted by atomic mass is 15.4. The predicted molar refractivity (Wildman–Crippen MR) is 77.6 cm³/mol. The van der Waals surface area contributed by atoms with Crippen molar-refractivity contribution in [3.63, 3.8) is 0 Å². The first-order valence-corrected chi connectivity index (χ1v) is 7.32. The molecule has 0 saturated heterocycles. The molecule has 0 aromatic carbocycles. The van der Waals surface area contributed by atoms with E-state index in [2.05, 4.69) is 44.5 Å². The highest BCUT2D eigenvalue weighted by Crippen LogP contribution is 2.48. The first kappa shape index (κ1) is 13.7. The number of hydrogen-bond acceptors (Lipinski definition) is 3. The Labute approximate surface area is 112 Å². The van der Waals surface area contributed by atoms with Crippen LogP contribution in [0.4, 0.5) is 0 Å². The van der Waals surface area contributed by atoms with Crippen LogP contribution in [0.2, 0.25) is 0 Å². The van der Waals surface area contributed by atoms with E-state index < -0.39 is 0 Å². The van der Waals surface area contributed by atoms with E-state index in [0.717, 1.165) is 25.0 Å². The summed E-state index contributed by atoms with van der Waals surface area (Å²) >= 11 is 0. The van der Waals surface area contributed by atoms with Gasteiger partial charge in [0.25, 0.3) is 0 Å². The van der Waals surface area contributed by atoms with Crippen LogP contribution in [-0.4, -0.2) is 29.5 Å². The molecular formula is C15H29N3. The Bertz CT molecular complexity index is 346. The van der Waals surface area contributed by atoms with Crippen molar-refractivity contribution in [2.75, 3.05) is 13.1 Å². The van der Waals surface area contributed by atoms with E-state index in [9.17, 15) is 0 Å². The molecule has 1 spiro atoms. The summed E-state index contributed by atoms with van der Waals surface area (Å²) in [7, 11) is 0. The molecule has 3 nitrogen and oxygen atoms in total. The van der Waals surface area contributed by atoms with Gasteiger partial charge in [0.15, 0.2) is 5.96 Å². The molecule has 2 unspecified atom stereocenters. The Morgan fingerprint density at radius 1 is 1.39 bits per heavy atom. The molecule has 2 aliphatic rings. The highest BCUT2D eigenvalue weighted by molar-refractivity contribution is 5.81. The summed E-state index contributed by atoms with van der Waals surface area (Å²) in [5.41, 5.74) is 6.76. The molecule has 0 aromatic heterocycles. The van der Waals surface area contributed by atoms with Crippen LogP contribution in [0.25, 0.3) is 0 Å². The van der Waals surface area contributed by atoms with Crippen LogP contribution >= 0.6 is 0 Å². The van der Waals surface area contributed by atoms with Gasteiger partial charge in [0.05, 0.1) is 12.1 Å². The lowest BCUT2D eigenvalue weighted by atomic mass is 9.64. The lowest BCUT2D eigenvalue weighted by Gasteiger charge is -2.50. The smallest absolute Gasteiger partial charge is 0.191 e. The maximum absolute atomic E-state index is 6.14. The molecule has 0 radical (unpaired) electrons. The molecule has 1 aliphatic carbocycles. The van der Waals surface area contributed by atoms with E-state index in [0.29, 0.717) is 11.3 Å². The quantitative estimate of drug-likeness (QED) is 0.820. The second-order valence-electron chi connectivity index (χ2n) is 7.76. The monoisotopic (exact) mass is 251 g/mol. The zero-order valence-corrected chi connectivity index (χ0v) is 12.7. The zero-order valence-electron chi connectivity index (χ0n) is 12.7. The maximum Gasteiger partial charge on any atom is 0.191 e. The van der Waals surface area contributed by atoms with E-state index in [1.54, 1.807) is 0 Å². The van der Waals surface area contributed by atoms with Crippen LogP contribution < -0.4 is 5.73 Å². The van der Waals surface area contributed by atoms with Crippen molar-refractivity contribution < 1.29 is 0 Å². The minimum atomic E-state index is 0.204. The summed E-state index contributed by atoms with van der Waals surface area (Å²) in [5.74, 6) is 2.17. The van der Waals surface area contributed by atoms with Gasteiger partial charge in [-0.1, -0.05) is 34.6 Å². The van der Waals surface area contributed by atoms with E-state index in [1.165, 1.54) is 19.3 Å². The number of guanidine groups is 1. The van der Waals surface area contributed by atoms with Gasteiger partial charge in [0.2, 0.25) is 0 Å². The number of aliphatic imine (C=N–C) groups is 1. The predicted octanol–water partition coefficient (Wildman–Crippen LogP) is 2.86. The van der Waals surface area contributed by atoms with Crippen molar-refractivity contribution in [1.82, 2.24) is 4.90 Å². The molecule has 104 valence electrons. The molecule has 2 N–H and O–H groups in total. The summed E-state index contributed by atoms with van der Waals surface area (Å²) < 4.78 is 0. The SMILES string of the molecule is CC(C)CN1C(N)=NCC12CC(C)CC(C)(C)C2. The Kier molecular flexibility index (Phi) is 3.37. The Morgan fingerprint density at radius 3 is 2.61 bits per heavy atom. The summed E-state index contributed by atoms with van der Waals surface area (Å²) in [6.45, 7) is 13.6. The molecule has 0 bridgehead atoms.